The van der Waals surface area contributed by atoms with Crippen molar-refractivity contribution >= 4 is 22.9 Å². The van der Waals surface area contributed by atoms with E-state index < -0.39 is 0 Å². The number of aromatic nitrogens is 1. The molecular weight excluding hydrogens is 324 g/mol. The molecule has 0 spiro atoms. The summed E-state index contributed by atoms with van der Waals surface area (Å²) >= 11 is 0. The predicted octanol–water partition coefficient (Wildman–Crippen LogP) is 4.90. The first-order chi connectivity index (χ1) is 12.8. The first-order valence-electron chi connectivity index (χ1n) is 9.14. The molecular formula is C22H23N2O2+. The van der Waals surface area contributed by atoms with Gasteiger partial charge in [0.15, 0.2) is 11.6 Å². The SMILES string of the molecule is CCN1C(=CCC=Cc2oc3ccccc3[n+]2CC)Oc2ccccc21. The molecule has 1 aliphatic heterocycles. The molecule has 4 rings (SSSR count). The Morgan fingerprint density at radius 3 is 2.69 bits per heavy atom. The second-order valence-corrected chi connectivity index (χ2v) is 6.15. The van der Waals surface area contributed by atoms with Crippen LogP contribution in [0.15, 0.2) is 71.0 Å². The fraction of sp³-hybridized carbons (Fsp3) is 0.227. The zero-order valence-electron chi connectivity index (χ0n) is 15.2. The lowest BCUT2D eigenvalue weighted by Crippen LogP contribution is -2.33. The van der Waals surface area contributed by atoms with E-state index in [1.165, 1.54) is 0 Å². The molecule has 0 saturated heterocycles. The Morgan fingerprint density at radius 1 is 1.04 bits per heavy atom. The van der Waals surface area contributed by atoms with E-state index >= 15 is 0 Å². The lowest BCUT2D eigenvalue weighted by molar-refractivity contribution is -0.674. The first kappa shape index (κ1) is 16.5. The molecule has 2 heterocycles. The molecule has 0 atom stereocenters. The minimum absolute atomic E-state index is 0.778. The summed E-state index contributed by atoms with van der Waals surface area (Å²) in [6.07, 6.45) is 7.04. The molecule has 0 aliphatic carbocycles. The number of para-hydroxylation sites is 4. The van der Waals surface area contributed by atoms with Gasteiger partial charge in [-0.15, -0.1) is 0 Å². The Hall–Kier alpha value is -3.01. The largest absolute Gasteiger partial charge is 0.439 e. The summed E-state index contributed by atoms with van der Waals surface area (Å²) in [6.45, 7) is 6.02. The topological polar surface area (TPSA) is 29.5 Å². The zero-order valence-corrected chi connectivity index (χ0v) is 15.2. The highest BCUT2D eigenvalue weighted by atomic mass is 16.5. The predicted molar refractivity (Wildman–Crippen MR) is 104 cm³/mol. The third-order valence-corrected chi connectivity index (χ3v) is 4.59. The molecule has 0 bridgehead atoms. The van der Waals surface area contributed by atoms with E-state index in [1.54, 1.807) is 0 Å². The van der Waals surface area contributed by atoms with Gasteiger partial charge in [-0.1, -0.05) is 30.3 Å². The number of ether oxygens (including phenoxy) is 1. The average molecular weight is 347 g/mol. The maximum Gasteiger partial charge on any atom is 0.373 e. The Kier molecular flexibility index (Phi) is 4.48. The second-order valence-electron chi connectivity index (χ2n) is 6.15. The molecule has 0 N–H and O–H groups in total. The van der Waals surface area contributed by atoms with Crippen molar-refractivity contribution < 1.29 is 13.7 Å². The third-order valence-electron chi connectivity index (χ3n) is 4.59. The quantitative estimate of drug-likeness (QED) is 0.615. The molecule has 4 nitrogen and oxygen atoms in total. The summed E-state index contributed by atoms with van der Waals surface area (Å²) in [5.74, 6) is 2.69. The van der Waals surface area contributed by atoms with Gasteiger partial charge in [0.2, 0.25) is 5.58 Å². The minimum Gasteiger partial charge on any atom is -0.439 e. The average Bonchev–Trinajstić information content (AvgIpc) is 3.22. The number of nitrogens with zero attached hydrogens (tertiary/aromatic N) is 2. The van der Waals surface area contributed by atoms with E-state index in [4.69, 9.17) is 9.15 Å². The highest BCUT2D eigenvalue weighted by Crippen LogP contribution is 2.38. The molecule has 0 radical (unpaired) electrons. The van der Waals surface area contributed by atoms with E-state index in [0.717, 1.165) is 53.8 Å². The van der Waals surface area contributed by atoms with Crippen LogP contribution in [0, 0.1) is 0 Å². The van der Waals surface area contributed by atoms with E-state index in [2.05, 4.69) is 47.6 Å². The summed E-state index contributed by atoms with van der Waals surface area (Å²) in [6, 6.07) is 16.3. The maximum atomic E-state index is 5.98. The van der Waals surface area contributed by atoms with Crippen molar-refractivity contribution in [2.45, 2.75) is 26.8 Å². The molecule has 132 valence electrons. The summed E-state index contributed by atoms with van der Waals surface area (Å²) in [5.41, 5.74) is 3.17. The molecule has 0 saturated carbocycles. The van der Waals surface area contributed by atoms with Gasteiger partial charge in [-0.2, -0.15) is 4.57 Å². The van der Waals surface area contributed by atoms with Crippen molar-refractivity contribution in [3.63, 3.8) is 0 Å². The van der Waals surface area contributed by atoms with Crippen LogP contribution in [0.3, 0.4) is 0 Å². The van der Waals surface area contributed by atoms with Gasteiger partial charge in [0, 0.05) is 18.7 Å². The van der Waals surface area contributed by atoms with Gasteiger partial charge in [-0.3, -0.25) is 0 Å². The number of oxazole rings is 1. The zero-order chi connectivity index (χ0) is 17.9. The second kappa shape index (κ2) is 7.08. The molecule has 3 aromatic rings. The van der Waals surface area contributed by atoms with Crippen molar-refractivity contribution in [1.82, 2.24) is 0 Å². The van der Waals surface area contributed by atoms with E-state index in [1.807, 2.05) is 42.5 Å². The van der Waals surface area contributed by atoms with Crippen LogP contribution in [0.4, 0.5) is 5.69 Å². The van der Waals surface area contributed by atoms with E-state index in [0.29, 0.717) is 0 Å². The molecule has 0 fully saturated rings. The van der Waals surface area contributed by atoms with Crippen molar-refractivity contribution in [2.75, 3.05) is 11.4 Å². The fourth-order valence-electron chi connectivity index (χ4n) is 3.37. The molecule has 0 unspecified atom stereocenters. The highest BCUT2D eigenvalue weighted by molar-refractivity contribution is 5.69. The van der Waals surface area contributed by atoms with Crippen LogP contribution in [-0.4, -0.2) is 6.54 Å². The van der Waals surface area contributed by atoms with Gasteiger partial charge in [0.1, 0.15) is 6.54 Å². The molecule has 1 aliphatic rings. The molecule has 26 heavy (non-hydrogen) atoms. The standard InChI is InChI=1S/C22H23N2O2/c1-3-23-17-11-5-7-13-19(17)25-21(23)15-9-10-16-22-24(4-2)18-12-6-8-14-20(18)26-22/h5-9,11-16H,3-4,10H2,1-2H3/q+1. The first-order valence-corrected chi connectivity index (χ1v) is 9.14. The number of anilines is 1. The Morgan fingerprint density at radius 2 is 1.85 bits per heavy atom. The normalized spacial score (nSPS) is 15.2. The van der Waals surface area contributed by atoms with Gasteiger partial charge in [-0.05, 0) is 44.5 Å². The Bertz CT molecular complexity index is 985. The van der Waals surface area contributed by atoms with Crippen LogP contribution in [0.5, 0.6) is 5.75 Å². The maximum absolute atomic E-state index is 5.98. The Labute approximate surface area is 153 Å². The van der Waals surface area contributed by atoms with Gasteiger partial charge in [-0.25, -0.2) is 0 Å². The van der Waals surface area contributed by atoms with Crippen molar-refractivity contribution in [2.24, 2.45) is 0 Å². The summed E-state index contributed by atoms with van der Waals surface area (Å²) < 4.78 is 14.1. The summed E-state index contributed by atoms with van der Waals surface area (Å²) in [7, 11) is 0. The van der Waals surface area contributed by atoms with Crippen molar-refractivity contribution in [1.29, 1.82) is 0 Å². The molecule has 2 aromatic carbocycles. The van der Waals surface area contributed by atoms with Crippen molar-refractivity contribution in [3.8, 4) is 5.75 Å². The fourth-order valence-corrected chi connectivity index (χ4v) is 3.37. The lowest BCUT2D eigenvalue weighted by Gasteiger charge is -2.15. The number of hydrogen-bond donors (Lipinski definition) is 0. The van der Waals surface area contributed by atoms with Crippen LogP contribution in [0.25, 0.3) is 17.2 Å². The van der Waals surface area contributed by atoms with Crippen LogP contribution in [0.1, 0.15) is 26.2 Å². The summed E-state index contributed by atoms with van der Waals surface area (Å²) in [4.78, 5) is 2.19. The number of benzene rings is 2. The smallest absolute Gasteiger partial charge is 0.373 e. The third kappa shape index (κ3) is 2.88. The number of aryl methyl sites for hydroxylation is 1. The Balaban J connectivity index is 1.52. The highest BCUT2D eigenvalue weighted by Gasteiger charge is 2.23. The number of hydrogen-bond acceptors (Lipinski definition) is 3. The van der Waals surface area contributed by atoms with Gasteiger partial charge in [0.25, 0.3) is 5.52 Å². The number of allylic oxidation sites excluding steroid dienone is 2. The minimum atomic E-state index is 0.778. The molecule has 1 aromatic heterocycles. The van der Waals surface area contributed by atoms with Crippen LogP contribution in [0.2, 0.25) is 0 Å². The van der Waals surface area contributed by atoms with Crippen LogP contribution < -0.4 is 14.2 Å². The summed E-state index contributed by atoms with van der Waals surface area (Å²) in [5, 5.41) is 0. The van der Waals surface area contributed by atoms with Crippen molar-refractivity contribution in [3.05, 3.63) is 72.5 Å². The molecule has 4 heteroatoms. The van der Waals surface area contributed by atoms with Gasteiger partial charge >= 0.3 is 5.89 Å². The van der Waals surface area contributed by atoms with Gasteiger partial charge < -0.3 is 14.1 Å². The van der Waals surface area contributed by atoms with Crippen LogP contribution >= 0.6 is 0 Å². The lowest BCUT2D eigenvalue weighted by atomic mass is 10.3. The van der Waals surface area contributed by atoms with Crippen LogP contribution in [-0.2, 0) is 6.54 Å². The van der Waals surface area contributed by atoms with E-state index in [-0.39, 0.29) is 0 Å². The van der Waals surface area contributed by atoms with Gasteiger partial charge in [0.05, 0.1) is 5.69 Å². The number of fused-ring (bicyclic) bond motifs is 2. The number of rotatable bonds is 5. The van der Waals surface area contributed by atoms with E-state index in [9.17, 15) is 0 Å². The monoisotopic (exact) mass is 347 g/mol. The molecule has 0 amide bonds.